The van der Waals surface area contributed by atoms with Crippen LogP contribution in [0.1, 0.15) is 8.42 Å². The van der Waals surface area contributed by atoms with Crippen molar-refractivity contribution in [3.8, 4) is 0 Å². The van der Waals surface area contributed by atoms with Crippen molar-refractivity contribution in [1.82, 2.24) is 0 Å². The normalized spacial score (nSPS) is 11.5. The SMILES string of the molecule is OB(O)c1ccc(C(F)(F)F)cc1.[HH].[HH]. The highest BCUT2D eigenvalue weighted by molar-refractivity contribution is 6.58. The average Bonchev–Trinajstić information content (AvgIpc) is 2.03. The number of alkyl halides is 3. The van der Waals surface area contributed by atoms with Crippen LogP contribution in [-0.4, -0.2) is 17.2 Å². The molecular weight excluding hydrogens is 184 g/mol. The van der Waals surface area contributed by atoms with Crippen molar-refractivity contribution in [2.75, 3.05) is 0 Å². The minimum absolute atomic E-state index is 0. The first-order valence-electron chi connectivity index (χ1n) is 3.44. The Hall–Kier alpha value is -1.01. The lowest BCUT2D eigenvalue weighted by Crippen LogP contribution is -2.29. The summed E-state index contributed by atoms with van der Waals surface area (Å²) in [6, 6.07) is 3.64. The van der Waals surface area contributed by atoms with Gasteiger partial charge in [-0.3, -0.25) is 0 Å². The van der Waals surface area contributed by atoms with Gasteiger partial charge in [-0.2, -0.15) is 13.2 Å². The van der Waals surface area contributed by atoms with Crippen LogP contribution in [0.5, 0.6) is 0 Å². The van der Waals surface area contributed by atoms with Crippen LogP contribution >= 0.6 is 0 Å². The molecule has 74 valence electrons. The highest BCUT2D eigenvalue weighted by Gasteiger charge is 2.30. The maximum atomic E-state index is 12.0. The minimum atomic E-state index is -4.39. The van der Waals surface area contributed by atoms with Gasteiger partial charge in [-0.1, -0.05) is 24.3 Å². The Kier molecular flexibility index (Phi) is 2.63. The number of benzene rings is 1. The van der Waals surface area contributed by atoms with E-state index in [0.29, 0.717) is 0 Å². The fraction of sp³-hybridized carbons (Fsp3) is 0.143. The van der Waals surface area contributed by atoms with Crippen LogP contribution in [0.2, 0.25) is 0 Å². The quantitative estimate of drug-likeness (QED) is 0.651. The zero-order valence-corrected chi connectivity index (χ0v) is 6.42. The Balaban J connectivity index is 0. The van der Waals surface area contributed by atoms with E-state index in [2.05, 4.69) is 0 Å². The van der Waals surface area contributed by atoms with Crippen LogP contribution in [0.15, 0.2) is 24.3 Å². The minimum Gasteiger partial charge on any atom is -0.423 e. The second-order valence-corrected chi connectivity index (χ2v) is 2.49. The zero-order chi connectivity index (χ0) is 10.1. The highest BCUT2D eigenvalue weighted by Crippen LogP contribution is 2.28. The highest BCUT2D eigenvalue weighted by atomic mass is 19.4. The molecule has 2 nitrogen and oxygen atoms in total. The fourth-order valence-electron chi connectivity index (χ4n) is 0.844. The maximum Gasteiger partial charge on any atom is 0.488 e. The molecule has 0 heterocycles. The number of rotatable bonds is 1. The van der Waals surface area contributed by atoms with Gasteiger partial charge in [0.1, 0.15) is 0 Å². The van der Waals surface area contributed by atoms with E-state index in [0.717, 1.165) is 24.3 Å². The van der Waals surface area contributed by atoms with Crippen LogP contribution in [-0.2, 0) is 6.18 Å². The molecule has 1 aromatic rings. The van der Waals surface area contributed by atoms with Gasteiger partial charge in [0.25, 0.3) is 0 Å². The third-order valence-corrected chi connectivity index (χ3v) is 1.54. The smallest absolute Gasteiger partial charge is 0.423 e. The van der Waals surface area contributed by atoms with Crippen molar-refractivity contribution < 1.29 is 26.1 Å². The standard InChI is InChI=1S/C7H6BF3O2.2H2/c9-7(10,11)5-1-3-6(4-2-5)8(12)13;;/h1-4,12-13H;2*1H. The van der Waals surface area contributed by atoms with Gasteiger partial charge in [-0.05, 0) is 5.46 Å². The van der Waals surface area contributed by atoms with Crippen molar-refractivity contribution in [2.24, 2.45) is 0 Å². The molecule has 0 fully saturated rings. The van der Waals surface area contributed by atoms with Crippen LogP contribution in [0, 0.1) is 0 Å². The first-order chi connectivity index (χ1) is 5.91. The first kappa shape index (κ1) is 10.1. The summed E-state index contributed by atoms with van der Waals surface area (Å²) in [5.41, 5.74) is -0.773. The average molecular weight is 194 g/mol. The molecule has 0 aliphatic carbocycles. The molecule has 6 heteroatoms. The Bertz CT molecular complexity index is 289. The predicted molar refractivity (Wildman–Crippen MR) is 45.5 cm³/mol. The number of hydrogen-bond acceptors (Lipinski definition) is 2. The molecule has 1 rings (SSSR count). The van der Waals surface area contributed by atoms with Crippen LogP contribution < -0.4 is 5.46 Å². The van der Waals surface area contributed by atoms with E-state index in [1.165, 1.54) is 0 Å². The summed E-state index contributed by atoms with van der Waals surface area (Å²) in [4.78, 5) is 0. The summed E-state index contributed by atoms with van der Waals surface area (Å²) in [6.45, 7) is 0. The maximum absolute atomic E-state index is 12.0. The summed E-state index contributed by atoms with van der Waals surface area (Å²) in [6.07, 6.45) is -4.39. The molecule has 13 heavy (non-hydrogen) atoms. The molecule has 0 aliphatic rings. The van der Waals surface area contributed by atoms with Gasteiger partial charge in [0, 0.05) is 2.85 Å². The fourth-order valence-corrected chi connectivity index (χ4v) is 0.844. The molecule has 2 N–H and O–H groups in total. The lowest BCUT2D eigenvalue weighted by atomic mass is 9.80. The topological polar surface area (TPSA) is 40.5 Å². The molecule has 0 atom stereocenters. The van der Waals surface area contributed by atoms with Crippen molar-refractivity contribution >= 4 is 12.6 Å². The number of hydrogen-bond donors (Lipinski definition) is 2. The van der Waals surface area contributed by atoms with Crippen LogP contribution in [0.4, 0.5) is 13.2 Å². The van der Waals surface area contributed by atoms with E-state index < -0.39 is 18.9 Å². The molecule has 0 spiro atoms. The van der Waals surface area contributed by atoms with E-state index in [1.54, 1.807) is 0 Å². The lowest BCUT2D eigenvalue weighted by molar-refractivity contribution is -0.137. The van der Waals surface area contributed by atoms with Gasteiger partial charge in [0.2, 0.25) is 0 Å². The summed E-state index contributed by atoms with van der Waals surface area (Å²) >= 11 is 0. The molecular formula is C7H10BF3O2. The van der Waals surface area contributed by atoms with Gasteiger partial charge < -0.3 is 10.0 Å². The molecule has 0 unspecified atom stereocenters. The Morgan fingerprint density at radius 3 is 1.85 bits per heavy atom. The van der Waals surface area contributed by atoms with Crippen LogP contribution in [0.25, 0.3) is 0 Å². The van der Waals surface area contributed by atoms with Crippen LogP contribution in [0.3, 0.4) is 0 Å². The summed E-state index contributed by atoms with van der Waals surface area (Å²) < 4.78 is 36.0. The van der Waals surface area contributed by atoms with Gasteiger partial charge in [0.05, 0.1) is 5.56 Å². The van der Waals surface area contributed by atoms with E-state index in [1.807, 2.05) is 0 Å². The van der Waals surface area contributed by atoms with Crippen molar-refractivity contribution in [2.45, 2.75) is 6.18 Å². The van der Waals surface area contributed by atoms with E-state index >= 15 is 0 Å². The van der Waals surface area contributed by atoms with Gasteiger partial charge >= 0.3 is 13.3 Å². The third-order valence-electron chi connectivity index (χ3n) is 1.54. The molecule has 0 aliphatic heterocycles. The summed E-state index contributed by atoms with van der Waals surface area (Å²) in [5.74, 6) is 0. The van der Waals surface area contributed by atoms with Crippen molar-refractivity contribution in [3.63, 3.8) is 0 Å². The molecule has 0 saturated heterocycles. The van der Waals surface area contributed by atoms with E-state index in [9.17, 15) is 13.2 Å². The second-order valence-electron chi connectivity index (χ2n) is 2.49. The largest absolute Gasteiger partial charge is 0.488 e. The molecule has 0 aromatic heterocycles. The van der Waals surface area contributed by atoms with Gasteiger partial charge in [-0.15, -0.1) is 0 Å². The zero-order valence-electron chi connectivity index (χ0n) is 6.42. The first-order valence-corrected chi connectivity index (χ1v) is 3.44. The Labute approximate surface area is 75.7 Å². The van der Waals surface area contributed by atoms with Gasteiger partial charge in [-0.25, -0.2) is 0 Å². The third kappa shape index (κ3) is 2.47. The summed E-state index contributed by atoms with van der Waals surface area (Å²) in [5, 5.41) is 17.2. The Morgan fingerprint density at radius 1 is 1.08 bits per heavy atom. The monoisotopic (exact) mass is 194 g/mol. The molecule has 0 amide bonds. The van der Waals surface area contributed by atoms with E-state index in [-0.39, 0.29) is 8.32 Å². The van der Waals surface area contributed by atoms with E-state index in [4.69, 9.17) is 10.0 Å². The molecule has 0 bridgehead atoms. The summed E-state index contributed by atoms with van der Waals surface area (Å²) in [7, 11) is -1.73. The van der Waals surface area contributed by atoms with Gasteiger partial charge in [0.15, 0.2) is 0 Å². The number of halogens is 3. The Morgan fingerprint density at radius 2 is 1.54 bits per heavy atom. The molecule has 1 aromatic carbocycles. The van der Waals surface area contributed by atoms with Crippen molar-refractivity contribution in [3.05, 3.63) is 29.8 Å². The molecule has 0 radical (unpaired) electrons. The van der Waals surface area contributed by atoms with Crippen molar-refractivity contribution in [1.29, 1.82) is 0 Å². The molecule has 0 saturated carbocycles. The second kappa shape index (κ2) is 3.39. The lowest BCUT2D eigenvalue weighted by Gasteiger charge is -2.06. The predicted octanol–water partition coefficient (Wildman–Crippen LogP) is 0.877.